The van der Waals surface area contributed by atoms with Gasteiger partial charge in [-0.15, -0.1) is 0 Å². The van der Waals surface area contributed by atoms with Crippen LogP contribution in [-0.4, -0.2) is 11.2 Å². The Balaban J connectivity index is 0.000000241. The zero-order chi connectivity index (χ0) is 10.8. The number of nitrogens with zero attached hydrogens (tertiary/aromatic N) is 2. The third kappa shape index (κ3) is 8.40. The normalized spacial score (nSPS) is 9.00. The smallest absolute Gasteiger partial charge is 0.0372 e. The van der Waals surface area contributed by atoms with Gasteiger partial charge in [-0.05, 0) is 26.0 Å². The van der Waals surface area contributed by atoms with Gasteiger partial charge in [0.25, 0.3) is 0 Å². The highest BCUT2D eigenvalue weighted by molar-refractivity contribution is 5.71. The molecule has 2 nitrogen and oxygen atoms in total. The molecule has 1 rings (SSSR count). The molecule has 0 N–H and O–H groups in total. The minimum Gasteiger partial charge on any atom is -0.262 e. The number of pyridine rings is 1. The van der Waals surface area contributed by atoms with Crippen LogP contribution in [0.15, 0.2) is 54.3 Å². The van der Waals surface area contributed by atoms with Crippen LogP contribution < -0.4 is 0 Å². The van der Waals surface area contributed by atoms with Gasteiger partial charge >= 0.3 is 0 Å². The van der Waals surface area contributed by atoms with Crippen LogP contribution in [0.5, 0.6) is 0 Å². The van der Waals surface area contributed by atoms with E-state index in [0.29, 0.717) is 0 Å². The van der Waals surface area contributed by atoms with Crippen molar-refractivity contribution >= 4 is 6.21 Å². The van der Waals surface area contributed by atoms with Gasteiger partial charge in [-0.2, -0.15) is 0 Å². The highest BCUT2D eigenvalue weighted by Crippen LogP contribution is 1.86. The number of hydrogen-bond acceptors (Lipinski definition) is 2. The zero-order valence-corrected chi connectivity index (χ0v) is 8.77. The van der Waals surface area contributed by atoms with E-state index < -0.39 is 0 Å². The summed E-state index contributed by atoms with van der Waals surface area (Å²) < 4.78 is 0. The Morgan fingerprint density at radius 3 is 2.43 bits per heavy atom. The molecule has 0 atom stereocenters. The number of allylic oxidation sites excluding steroid dienone is 2. The molecule has 1 heterocycles. The van der Waals surface area contributed by atoms with Crippen LogP contribution >= 0.6 is 0 Å². The van der Waals surface area contributed by atoms with Gasteiger partial charge in [0.1, 0.15) is 0 Å². The van der Waals surface area contributed by atoms with Crippen LogP contribution in [0.25, 0.3) is 0 Å². The van der Waals surface area contributed by atoms with Crippen LogP contribution in [0.1, 0.15) is 12.6 Å². The Labute approximate surface area is 85.7 Å². The second kappa shape index (κ2) is 7.92. The molecule has 0 aliphatic heterocycles. The maximum Gasteiger partial charge on any atom is 0.0372 e. The molecule has 74 valence electrons. The zero-order valence-electron chi connectivity index (χ0n) is 8.77. The lowest BCUT2D eigenvalue weighted by Gasteiger charge is -1.82. The molecule has 0 spiro atoms. The predicted octanol–water partition coefficient (Wildman–Crippen LogP) is 3.17. The fourth-order valence-electron chi connectivity index (χ4n) is 0.628. The van der Waals surface area contributed by atoms with Crippen molar-refractivity contribution in [2.45, 2.75) is 13.8 Å². The van der Waals surface area contributed by atoms with E-state index in [1.165, 1.54) is 0 Å². The summed E-state index contributed by atoms with van der Waals surface area (Å²) >= 11 is 0. The summed E-state index contributed by atoms with van der Waals surface area (Å²) in [6.45, 7) is 10.8. The maximum absolute atomic E-state index is 3.98. The van der Waals surface area contributed by atoms with Crippen LogP contribution in [-0.2, 0) is 0 Å². The summed E-state index contributed by atoms with van der Waals surface area (Å²) in [6.07, 6.45) is 5.02. The molecule has 0 aromatic carbocycles. The Kier molecular flexibility index (Phi) is 6.96. The van der Waals surface area contributed by atoms with Gasteiger partial charge in [0.2, 0.25) is 0 Å². The van der Waals surface area contributed by atoms with Gasteiger partial charge < -0.3 is 0 Å². The van der Waals surface area contributed by atoms with E-state index in [0.717, 1.165) is 11.4 Å². The van der Waals surface area contributed by atoms with E-state index in [1.54, 1.807) is 18.5 Å². The first kappa shape index (κ1) is 12.3. The van der Waals surface area contributed by atoms with Gasteiger partial charge in [0, 0.05) is 23.8 Å². The second-order valence-electron chi connectivity index (χ2n) is 2.72. The molecule has 0 amide bonds. The quantitative estimate of drug-likeness (QED) is 0.654. The van der Waals surface area contributed by atoms with Crippen molar-refractivity contribution in [3.8, 4) is 0 Å². The summed E-state index contributed by atoms with van der Waals surface area (Å²) in [5.41, 5.74) is 1.88. The lowest BCUT2D eigenvalue weighted by molar-refractivity contribution is 1.20. The monoisotopic (exact) mass is 188 g/mol. The fourth-order valence-corrected chi connectivity index (χ4v) is 0.628. The third-order valence-electron chi connectivity index (χ3n) is 1.21. The molecule has 0 aliphatic rings. The molecule has 14 heavy (non-hydrogen) atoms. The minimum atomic E-state index is 0.805. The van der Waals surface area contributed by atoms with Crippen molar-refractivity contribution in [1.29, 1.82) is 0 Å². The summed E-state index contributed by atoms with van der Waals surface area (Å²) in [5, 5.41) is 0. The highest BCUT2D eigenvalue weighted by atomic mass is 14.7. The van der Waals surface area contributed by atoms with E-state index in [-0.39, 0.29) is 0 Å². The standard InChI is InChI=1S/C6H7N.C6H9N/c1-6-4-2-3-5-7-6;1-4-5-7-6(2)3/h2-5H,1H3;4-5H,1-2H2,3H3. The summed E-state index contributed by atoms with van der Waals surface area (Å²) in [7, 11) is 0. The molecule has 0 radical (unpaired) electrons. The van der Waals surface area contributed by atoms with Crippen molar-refractivity contribution in [3.05, 3.63) is 55.0 Å². The lowest BCUT2D eigenvalue weighted by Crippen LogP contribution is -1.72. The molecule has 0 fully saturated rings. The van der Waals surface area contributed by atoms with Crippen LogP contribution in [0, 0.1) is 6.92 Å². The van der Waals surface area contributed by atoms with Crippen molar-refractivity contribution in [2.75, 3.05) is 0 Å². The SMILES string of the molecule is C=CC=NC(=C)C.Cc1ccccn1. The largest absolute Gasteiger partial charge is 0.262 e. The molecule has 0 aliphatic carbocycles. The number of aryl methyl sites for hydroxylation is 1. The predicted molar refractivity (Wildman–Crippen MR) is 62.5 cm³/mol. The Morgan fingerprint density at radius 1 is 1.50 bits per heavy atom. The molecular formula is C12H16N2. The summed E-state index contributed by atoms with van der Waals surface area (Å²) in [6, 6.07) is 5.86. The molecule has 0 unspecified atom stereocenters. The minimum absolute atomic E-state index is 0.805. The average molecular weight is 188 g/mol. The van der Waals surface area contributed by atoms with Crippen LogP contribution in [0.3, 0.4) is 0 Å². The Bertz CT molecular complexity index is 299. The Morgan fingerprint density at radius 2 is 2.21 bits per heavy atom. The summed E-state index contributed by atoms with van der Waals surface area (Å²) in [5.74, 6) is 0. The van der Waals surface area contributed by atoms with Gasteiger partial charge in [-0.3, -0.25) is 9.98 Å². The second-order valence-corrected chi connectivity index (χ2v) is 2.72. The van der Waals surface area contributed by atoms with E-state index in [9.17, 15) is 0 Å². The molecule has 1 aromatic heterocycles. The molecule has 1 aromatic rings. The van der Waals surface area contributed by atoms with E-state index in [1.807, 2.05) is 32.0 Å². The molecular weight excluding hydrogens is 172 g/mol. The van der Waals surface area contributed by atoms with Crippen molar-refractivity contribution in [2.24, 2.45) is 4.99 Å². The number of rotatable bonds is 2. The lowest BCUT2D eigenvalue weighted by atomic mass is 10.4. The number of aromatic nitrogens is 1. The van der Waals surface area contributed by atoms with Crippen LogP contribution in [0.4, 0.5) is 0 Å². The van der Waals surface area contributed by atoms with Gasteiger partial charge in [0.05, 0.1) is 0 Å². The van der Waals surface area contributed by atoms with Crippen LogP contribution in [0.2, 0.25) is 0 Å². The fraction of sp³-hybridized carbons (Fsp3) is 0.167. The highest BCUT2D eigenvalue weighted by Gasteiger charge is 1.73. The molecule has 0 saturated heterocycles. The Hall–Kier alpha value is -1.70. The van der Waals surface area contributed by atoms with E-state index >= 15 is 0 Å². The average Bonchev–Trinajstić information content (AvgIpc) is 2.17. The van der Waals surface area contributed by atoms with E-state index in [4.69, 9.17) is 0 Å². The van der Waals surface area contributed by atoms with E-state index in [2.05, 4.69) is 23.1 Å². The van der Waals surface area contributed by atoms with Crippen molar-refractivity contribution in [3.63, 3.8) is 0 Å². The van der Waals surface area contributed by atoms with Crippen molar-refractivity contribution in [1.82, 2.24) is 4.98 Å². The van der Waals surface area contributed by atoms with Crippen molar-refractivity contribution < 1.29 is 0 Å². The van der Waals surface area contributed by atoms with Gasteiger partial charge in [0.15, 0.2) is 0 Å². The van der Waals surface area contributed by atoms with Gasteiger partial charge in [-0.25, -0.2) is 0 Å². The number of aliphatic imine (C=N–C) groups is 1. The summed E-state index contributed by atoms with van der Waals surface area (Å²) in [4.78, 5) is 7.78. The first-order chi connectivity index (χ1) is 6.66. The van der Waals surface area contributed by atoms with Gasteiger partial charge in [-0.1, -0.05) is 25.3 Å². The molecule has 2 heteroatoms. The third-order valence-corrected chi connectivity index (χ3v) is 1.21. The maximum atomic E-state index is 3.98. The molecule has 0 bridgehead atoms. The molecule has 0 saturated carbocycles. The number of hydrogen-bond donors (Lipinski definition) is 0. The first-order valence-electron chi connectivity index (χ1n) is 4.35. The first-order valence-corrected chi connectivity index (χ1v) is 4.35. The topological polar surface area (TPSA) is 25.2 Å².